The topological polar surface area (TPSA) is 50.4 Å². The zero-order chi connectivity index (χ0) is 15.3. The molecule has 1 aliphatic heterocycles. The minimum absolute atomic E-state index is 0.0784. The standard InChI is InChI=1S/C14H17F3N2O2/c15-14(16,17)21-11-6-4-10(5-7-11)9-19-13(20)12-3-1-2-8-18-12/h4-7,12,18H,1-3,8-9H2,(H,19,20). The first kappa shape index (κ1) is 15.6. The number of carbonyl (C=O) groups is 1. The Morgan fingerprint density at radius 1 is 1.29 bits per heavy atom. The van der Waals surface area contributed by atoms with E-state index in [2.05, 4.69) is 15.4 Å². The van der Waals surface area contributed by atoms with Crippen molar-refractivity contribution in [1.82, 2.24) is 10.6 Å². The molecule has 116 valence electrons. The Kier molecular flexibility index (Phi) is 5.06. The lowest BCUT2D eigenvalue weighted by Crippen LogP contribution is -2.46. The first-order valence-electron chi connectivity index (χ1n) is 6.80. The summed E-state index contributed by atoms with van der Waals surface area (Å²) < 4.78 is 39.8. The first-order chi connectivity index (χ1) is 9.94. The summed E-state index contributed by atoms with van der Waals surface area (Å²) in [5, 5.41) is 5.90. The number of hydrogen-bond acceptors (Lipinski definition) is 3. The maximum absolute atomic E-state index is 12.0. The molecule has 1 aliphatic rings. The van der Waals surface area contributed by atoms with Crippen LogP contribution in [0.25, 0.3) is 0 Å². The van der Waals surface area contributed by atoms with Gasteiger partial charge in [0.25, 0.3) is 0 Å². The smallest absolute Gasteiger partial charge is 0.406 e. The van der Waals surface area contributed by atoms with Crippen LogP contribution in [0.3, 0.4) is 0 Å². The van der Waals surface area contributed by atoms with Gasteiger partial charge >= 0.3 is 6.36 Å². The van der Waals surface area contributed by atoms with Gasteiger partial charge in [-0.25, -0.2) is 0 Å². The molecule has 2 N–H and O–H groups in total. The number of carbonyl (C=O) groups excluding carboxylic acids is 1. The monoisotopic (exact) mass is 302 g/mol. The predicted molar refractivity (Wildman–Crippen MR) is 70.6 cm³/mol. The Bertz CT molecular complexity index is 468. The van der Waals surface area contributed by atoms with Crippen LogP contribution in [0.4, 0.5) is 13.2 Å². The third-order valence-corrected chi connectivity index (χ3v) is 3.25. The number of alkyl halides is 3. The molecule has 1 unspecified atom stereocenters. The van der Waals surface area contributed by atoms with Crippen LogP contribution in [0.2, 0.25) is 0 Å². The summed E-state index contributed by atoms with van der Waals surface area (Å²) >= 11 is 0. The lowest BCUT2D eigenvalue weighted by Gasteiger charge is -2.22. The van der Waals surface area contributed by atoms with Crippen LogP contribution in [-0.4, -0.2) is 24.9 Å². The number of amides is 1. The van der Waals surface area contributed by atoms with Crippen molar-refractivity contribution in [2.45, 2.75) is 38.2 Å². The van der Waals surface area contributed by atoms with Gasteiger partial charge in [0.1, 0.15) is 5.75 Å². The molecule has 0 bridgehead atoms. The van der Waals surface area contributed by atoms with Crippen molar-refractivity contribution in [3.8, 4) is 5.75 Å². The zero-order valence-corrected chi connectivity index (χ0v) is 11.4. The fourth-order valence-electron chi connectivity index (χ4n) is 2.20. The van der Waals surface area contributed by atoms with Crippen LogP contribution in [0.1, 0.15) is 24.8 Å². The van der Waals surface area contributed by atoms with E-state index in [-0.39, 0.29) is 24.2 Å². The van der Waals surface area contributed by atoms with Gasteiger partial charge in [-0.2, -0.15) is 0 Å². The second kappa shape index (κ2) is 6.80. The Hall–Kier alpha value is -1.76. The van der Waals surface area contributed by atoms with Gasteiger partial charge in [-0.05, 0) is 37.1 Å². The molecule has 2 rings (SSSR count). The average molecular weight is 302 g/mol. The van der Waals surface area contributed by atoms with Crippen molar-refractivity contribution in [2.24, 2.45) is 0 Å². The molecule has 1 heterocycles. The normalized spacial score (nSPS) is 19.1. The molecule has 0 aromatic heterocycles. The highest BCUT2D eigenvalue weighted by Crippen LogP contribution is 2.22. The quantitative estimate of drug-likeness (QED) is 0.897. The maximum atomic E-state index is 12.0. The molecule has 1 amide bonds. The summed E-state index contributed by atoms with van der Waals surface area (Å²) in [5.74, 6) is -0.350. The largest absolute Gasteiger partial charge is 0.573 e. The van der Waals surface area contributed by atoms with Crippen LogP contribution >= 0.6 is 0 Å². The van der Waals surface area contributed by atoms with Gasteiger partial charge in [-0.3, -0.25) is 4.79 Å². The molecule has 0 radical (unpaired) electrons. The van der Waals surface area contributed by atoms with Crippen molar-refractivity contribution in [3.05, 3.63) is 29.8 Å². The average Bonchev–Trinajstić information content (AvgIpc) is 2.45. The lowest BCUT2D eigenvalue weighted by atomic mass is 10.0. The second-order valence-electron chi connectivity index (χ2n) is 4.91. The Morgan fingerprint density at radius 3 is 2.57 bits per heavy atom. The highest BCUT2D eigenvalue weighted by molar-refractivity contribution is 5.81. The fraction of sp³-hybridized carbons (Fsp3) is 0.500. The highest BCUT2D eigenvalue weighted by atomic mass is 19.4. The van der Waals surface area contributed by atoms with Crippen LogP contribution in [-0.2, 0) is 11.3 Å². The number of rotatable bonds is 4. The zero-order valence-electron chi connectivity index (χ0n) is 11.4. The lowest BCUT2D eigenvalue weighted by molar-refractivity contribution is -0.274. The van der Waals surface area contributed by atoms with Crippen LogP contribution in [0.15, 0.2) is 24.3 Å². The molecule has 21 heavy (non-hydrogen) atoms. The van der Waals surface area contributed by atoms with Gasteiger partial charge < -0.3 is 15.4 Å². The van der Waals surface area contributed by atoms with Gasteiger partial charge in [0.15, 0.2) is 0 Å². The van der Waals surface area contributed by atoms with Crippen LogP contribution in [0.5, 0.6) is 5.75 Å². The highest BCUT2D eigenvalue weighted by Gasteiger charge is 2.30. The van der Waals surface area contributed by atoms with Crippen molar-refractivity contribution < 1.29 is 22.7 Å². The molecule has 1 aromatic carbocycles. The van der Waals surface area contributed by atoms with Gasteiger partial charge in [-0.15, -0.1) is 13.2 Å². The SMILES string of the molecule is O=C(NCc1ccc(OC(F)(F)F)cc1)C1CCCCN1. The summed E-state index contributed by atoms with van der Waals surface area (Å²) in [6.07, 6.45) is -1.79. The first-order valence-corrected chi connectivity index (χ1v) is 6.80. The molecular weight excluding hydrogens is 285 g/mol. The number of hydrogen-bond donors (Lipinski definition) is 2. The molecular formula is C14H17F3N2O2. The maximum Gasteiger partial charge on any atom is 0.573 e. The fourth-order valence-corrected chi connectivity index (χ4v) is 2.20. The summed E-state index contributed by atoms with van der Waals surface area (Å²) in [4.78, 5) is 11.9. The van der Waals surface area contributed by atoms with Crippen molar-refractivity contribution >= 4 is 5.91 Å². The summed E-state index contributed by atoms with van der Waals surface area (Å²) in [5.41, 5.74) is 0.716. The minimum Gasteiger partial charge on any atom is -0.406 e. The number of benzene rings is 1. The molecule has 4 nitrogen and oxygen atoms in total. The van der Waals surface area contributed by atoms with Crippen LogP contribution < -0.4 is 15.4 Å². The molecule has 1 fully saturated rings. The van der Waals surface area contributed by atoms with E-state index in [4.69, 9.17) is 0 Å². The van der Waals surface area contributed by atoms with Gasteiger partial charge in [0.05, 0.1) is 6.04 Å². The number of halogens is 3. The van der Waals surface area contributed by atoms with E-state index in [1.807, 2.05) is 0 Å². The number of nitrogens with one attached hydrogen (secondary N) is 2. The number of ether oxygens (including phenoxy) is 1. The van der Waals surface area contributed by atoms with E-state index in [0.717, 1.165) is 25.8 Å². The van der Waals surface area contributed by atoms with E-state index in [0.29, 0.717) is 5.56 Å². The minimum atomic E-state index is -4.69. The van der Waals surface area contributed by atoms with Crippen molar-refractivity contribution in [1.29, 1.82) is 0 Å². The van der Waals surface area contributed by atoms with Crippen molar-refractivity contribution in [3.63, 3.8) is 0 Å². The van der Waals surface area contributed by atoms with E-state index in [1.165, 1.54) is 24.3 Å². The predicted octanol–water partition coefficient (Wildman–Crippen LogP) is 2.34. The Balaban J connectivity index is 1.81. The van der Waals surface area contributed by atoms with Crippen molar-refractivity contribution in [2.75, 3.05) is 6.54 Å². The Morgan fingerprint density at radius 2 is 2.00 bits per heavy atom. The Labute approximate surface area is 120 Å². The van der Waals surface area contributed by atoms with E-state index < -0.39 is 6.36 Å². The molecule has 1 aromatic rings. The van der Waals surface area contributed by atoms with E-state index in [9.17, 15) is 18.0 Å². The summed E-state index contributed by atoms with van der Waals surface area (Å²) in [7, 11) is 0. The molecule has 1 saturated heterocycles. The molecule has 0 spiro atoms. The van der Waals surface area contributed by atoms with Crippen LogP contribution in [0, 0.1) is 0 Å². The molecule has 0 aliphatic carbocycles. The van der Waals surface area contributed by atoms with Gasteiger partial charge in [0, 0.05) is 6.54 Å². The second-order valence-corrected chi connectivity index (χ2v) is 4.91. The molecule has 0 saturated carbocycles. The molecule has 7 heteroatoms. The van der Waals surface area contributed by atoms with E-state index >= 15 is 0 Å². The van der Waals surface area contributed by atoms with E-state index in [1.54, 1.807) is 0 Å². The summed E-state index contributed by atoms with van der Waals surface area (Å²) in [6.45, 7) is 1.12. The third kappa shape index (κ3) is 5.26. The summed E-state index contributed by atoms with van der Waals surface area (Å²) in [6, 6.07) is 5.28. The van der Waals surface area contributed by atoms with Gasteiger partial charge in [-0.1, -0.05) is 18.6 Å². The molecule has 1 atom stereocenters. The third-order valence-electron chi connectivity index (χ3n) is 3.25. The number of piperidine rings is 1. The van der Waals surface area contributed by atoms with Gasteiger partial charge in [0.2, 0.25) is 5.91 Å².